The lowest BCUT2D eigenvalue weighted by Crippen LogP contribution is -2.16. The molecule has 2 aliphatic carbocycles. The van der Waals surface area contributed by atoms with E-state index >= 15 is 0 Å². The van der Waals surface area contributed by atoms with Gasteiger partial charge in [-0.15, -0.1) is 0 Å². The van der Waals surface area contributed by atoms with Gasteiger partial charge >= 0.3 is 0 Å². The molecule has 0 spiro atoms. The minimum atomic E-state index is -0.0443. The third-order valence-electron chi connectivity index (χ3n) is 7.73. The summed E-state index contributed by atoms with van der Waals surface area (Å²) in [4.78, 5) is 4.53. The lowest BCUT2D eigenvalue weighted by atomic mass is 9.77. The Bertz CT molecular complexity index is 1570. The molecular formula is C33H25N. The monoisotopic (exact) mass is 435 g/mol. The van der Waals surface area contributed by atoms with E-state index in [2.05, 4.69) is 104 Å². The van der Waals surface area contributed by atoms with Gasteiger partial charge in [0.2, 0.25) is 0 Å². The maximum Gasteiger partial charge on any atom is 0.0701 e. The molecule has 0 aliphatic heterocycles. The highest BCUT2D eigenvalue weighted by Gasteiger charge is 2.41. The van der Waals surface area contributed by atoms with E-state index in [1.165, 1.54) is 55.6 Å². The number of hydrogen-bond donors (Lipinski definition) is 0. The number of hydrogen-bond acceptors (Lipinski definition) is 1. The van der Waals surface area contributed by atoms with E-state index in [1.807, 2.05) is 18.3 Å². The largest absolute Gasteiger partial charge is 0.256 e. The Morgan fingerprint density at radius 2 is 1.32 bits per heavy atom. The van der Waals surface area contributed by atoms with E-state index in [0.717, 1.165) is 17.7 Å². The van der Waals surface area contributed by atoms with E-state index in [4.69, 9.17) is 0 Å². The molecule has 1 nitrogen and oxygen atoms in total. The van der Waals surface area contributed by atoms with Crippen LogP contribution in [0.4, 0.5) is 0 Å². The first kappa shape index (κ1) is 19.5. The van der Waals surface area contributed by atoms with E-state index < -0.39 is 0 Å². The minimum absolute atomic E-state index is 0.0443. The molecule has 0 amide bonds. The van der Waals surface area contributed by atoms with Crippen LogP contribution in [-0.2, 0) is 11.8 Å². The van der Waals surface area contributed by atoms with Gasteiger partial charge in [0, 0.05) is 17.2 Å². The molecule has 0 saturated heterocycles. The first-order valence-corrected chi connectivity index (χ1v) is 12.0. The molecule has 0 N–H and O–H groups in total. The fourth-order valence-electron chi connectivity index (χ4n) is 6.18. The van der Waals surface area contributed by atoms with Crippen molar-refractivity contribution >= 4 is 0 Å². The van der Waals surface area contributed by atoms with Crippen molar-refractivity contribution in [3.05, 3.63) is 126 Å². The second kappa shape index (κ2) is 7.01. The van der Waals surface area contributed by atoms with Gasteiger partial charge in [-0.2, -0.15) is 0 Å². The summed E-state index contributed by atoms with van der Waals surface area (Å²) < 4.78 is 0. The molecule has 4 aromatic carbocycles. The highest BCUT2D eigenvalue weighted by molar-refractivity contribution is 6.00. The maximum absolute atomic E-state index is 4.53. The lowest BCUT2D eigenvalue weighted by Gasteiger charge is -2.25. The van der Waals surface area contributed by atoms with Crippen molar-refractivity contribution in [1.29, 1.82) is 0 Å². The molecule has 162 valence electrons. The molecule has 0 radical (unpaired) electrons. The Kier molecular flexibility index (Phi) is 4.02. The minimum Gasteiger partial charge on any atom is -0.256 e. The van der Waals surface area contributed by atoms with Crippen molar-refractivity contribution in [2.24, 2.45) is 0 Å². The summed E-state index contributed by atoms with van der Waals surface area (Å²) in [6.07, 6.45) is 2.86. The molecule has 7 rings (SSSR count). The highest BCUT2D eigenvalue weighted by Crippen LogP contribution is 2.58. The first-order chi connectivity index (χ1) is 16.6. The van der Waals surface area contributed by atoms with E-state index in [1.54, 1.807) is 0 Å². The quantitative estimate of drug-likeness (QED) is 0.267. The number of benzene rings is 4. The SMILES string of the molecule is CC1(C)c2ccccc2-c2c(-c3ccc(-c4ccccn4)cc3)cc3c(c21)-c1ccccc1C3. The normalized spacial score (nSPS) is 14.3. The molecule has 2 aliphatic rings. The summed E-state index contributed by atoms with van der Waals surface area (Å²) in [6, 6.07) is 35.4. The Hall–Kier alpha value is -3.97. The van der Waals surface area contributed by atoms with Crippen LogP contribution in [0.15, 0.2) is 103 Å². The molecule has 0 bridgehead atoms. The molecule has 0 atom stereocenters. The molecule has 34 heavy (non-hydrogen) atoms. The van der Waals surface area contributed by atoms with E-state index in [-0.39, 0.29) is 5.41 Å². The van der Waals surface area contributed by atoms with E-state index in [9.17, 15) is 0 Å². The number of pyridine rings is 1. The topological polar surface area (TPSA) is 12.9 Å². The summed E-state index contributed by atoms with van der Waals surface area (Å²) in [5.74, 6) is 0. The zero-order valence-electron chi connectivity index (χ0n) is 19.5. The Labute approximate surface area is 200 Å². The molecular weight excluding hydrogens is 410 g/mol. The van der Waals surface area contributed by atoms with Crippen molar-refractivity contribution in [2.45, 2.75) is 25.7 Å². The standard InChI is InChI=1S/C33H25N/c1-33(2)28-12-6-5-11-26(28)31-27(21-14-16-22(17-15-21)29-13-7-8-18-34-29)20-24-19-23-9-3-4-10-25(23)30(24)32(31)33/h3-18,20H,19H2,1-2H3. The summed E-state index contributed by atoms with van der Waals surface area (Å²) >= 11 is 0. The summed E-state index contributed by atoms with van der Waals surface area (Å²) in [5, 5.41) is 0. The van der Waals surface area contributed by atoms with Gasteiger partial charge in [0.25, 0.3) is 0 Å². The number of fused-ring (bicyclic) bond motifs is 7. The predicted molar refractivity (Wildman–Crippen MR) is 141 cm³/mol. The van der Waals surface area contributed by atoms with Gasteiger partial charge in [-0.1, -0.05) is 92.7 Å². The van der Waals surface area contributed by atoms with Crippen molar-refractivity contribution < 1.29 is 0 Å². The molecule has 0 saturated carbocycles. The van der Waals surface area contributed by atoms with Gasteiger partial charge < -0.3 is 0 Å². The average molecular weight is 436 g/mol. The van der Waals surface area contributed by atoms with Crippen molar-refractivity contribution in [3.63, 3.8) is 0 Å². The van der Waals surface area contributed by atoms with Crippen LogP contribution >= 0.6 is 0 Å². The zero-order chi connectivity index (χ0) is 22.9. The second-order valence-electron chi connectivity index (χ2n) is 10.0. The van der Waals surface area contributed by atoms with E-state index in [0.29, 0.717) is 0 Å². The van der Waals surface area contributed by atoms with Crippen LogP contribution in [-0.4, -0.2) is 4.98 Å². The van der Waals surface area contributed by atoms with Crippen LogP contribution in [0.3, 0.4) is 0 Å². The van der Waals surface area contributed by atoms with Gasteiger partial charge in [0.15, 0.2) is 0 Å². The first-order valence-electron chi connectivity index (χ1n) is 12.0. The number of nitrogens with zero attached hydrogens (tertiary/aromatic N) is 1. The fraction of sp³-hybridized carbons (Fsp3) is 0.121. The summed E-state index contributed by atoms with van der Waals surface area (Å²) in [5.41, 5.74) is 16.2. The lowest BCUT2D eigenvalue weighted by molar-refractivity contribution is 0.662. The third-order valence-corrected chi connectivity index (χ3v) is 7.73. The smallest absolute Gasteiger partial charge is 0.0701 e. The average Bonchev–Trinajstić information content (AvgIpc) is 3.37. The van der Waals surface area contributed by atoms with Gasteiger partial charge in [0.05, 0.1) is 5.69 Å². The molecule has 0 fully saturated rings. The predicted octanol–water partition coefficient (Wildman–Crippen LogP) is 8.29. The zero-order valence-corrected chi connectivity index (χ0v) is 19.5. The molecule has 1 heteroatoms. The van der Waals surface area contributed by atoms with Crippen molar-refractivity contribution in [1.82, 2.24) is 4.98 Å². The second-order valence-corrected chi connectivity index (χ2v) is 10.0. The van der Waals surface area contributed by atoms with Crippen LogP contribution in [0.1, 0.15) is 36.1 Å². The van der Waals surface area contributed by atoms with Crippen LogP contribution in [0.2, 0.25) is 0 Å². The van der Waals surface area contributed by atoms with Gasteiger partial charge in [-0.3, -0.25) is 4.98 Å². The number of rotatable bonds is 2. The third kappa shape index (κ3) is 2.64. The van der Waals surface area contributed by atoms with Crippen LogP contribution < -0.4 is 0 Å². The number of aromatic nitrogens is 1. The van der Waals surface area contributed by atoms with Gasteiger partial charge in [0.1, 0.15) is 0 Å². The van der Waals surface area contributed by atoms with Crippen LogP contribution in [0.5, 0.6) is 0 Å². The summed E-state index contributed by atoms with van der Waals surface area (Å²) in [6.45, 7) is 4.79. The van der Waals surface area contributed by atoms with Crippen LogP contribution in [0.25, 0.3) is 44.6 Å². The van der Waals surface area contributed by atoms with Crippen LogP contribution in [0, 0.1) is 0 Å². The van der Waals surface area contributed by atoms with Crippen molar-refractivity contribution in [3.8, 4) is 44.6 Å². The van der Waals surface area contributed by atoms with Gasteiger partial charge in [-0.25, -0.2) is 0 Å². The molecule has 1 aromatic heterocycles. The Morgan fingerprint density at radius 1 is 0.618 bits per heavy atom. The Balaban J connectivity index is 1.50. The molecule has 5 aromatic rings. The highest BCUT2D eigenvalue weighted by atomic mass is 14.7. The van der Waals surface area contributed by atoms with Crippen molar-refractivity contribution in [2.75, 3.05) is 0 Å². The summed E-state index contributed by atoms with van der Waals surface area (Å²) in [7, 11) is 0. The maximum atomic E-state index is 4.53. The van der Waals surface area contributed by atoms with Gasteiger partial charge in [-0.05, 0) is 80.3 Å². The Morgan fingerprint density at radius 3 is 2.12 bits per heavy atom. The molecule has 0 unspecified atom stereocenters. The fourth-order valence-corrected chi connectivity index (χ4v) is 6.18. The molecule has 1 heterocycles.